The zero-order valence-corrected chi connectivity index (χ0v) is 16.5. The van der Waals surface area contributed by atoms with Gasteiger partial charge in [0.25, 0.3) is 6.47 Å². The molecule has 2 N–H and O–H groups in total. The maximum Gasteiger partial charge on any atom is 0.303 e. The van der Waals surface area contributed by atoms with Crippen LogP contribution in [0.25, 0.3) is 0 Å². The molecule has 0 aliphatic heterocycles. The summed E-state index contributed by atoms with van der Waals surface area (Å²) >= 11 is 0. The molecule has 0 amide bonds. The van der Waals surface area contributed by atoms with Gasteiger partial charge in [-0.3, -0.25) is 9.59 Å². The van der Waals surface area contributed by atoms with Crippen LogP contribution < -0.4 is 0 Å². The molecule has 4 heteroatoms. The van der Waals surface area contributed by atoms with E-state index in [9.17, 15) is 4.79 Å². The summed E-state index contributed by atoms with van der Waals surface area (Å²) in [7, 11) is 0. The fourth-order valence-corrected chi connectivity index (χ4v) is 3.00. The first-order valence-electron chi connectivity index (χ1n) is 10.5. The minimum absolute atomic E-state index is 0.250. The largest absolute Gasteiger partial charge is 0.483 e. The first-order chi connectivity index (χ1) is 12.2. The van der Waals surface area contributed by atoms with Crippen molar-refractivity contribution in [3.8, 4) is 0 Å². The predicted molar refractivity (Wildman–Crippen MR) is 105 cm³/mol. The normalized spacial score (nSPS) is 10.1. The molecule has 0 unspecified atom stereocenters. The Hall–Kier alpha value is -1.06. The van der Waals surface area contributed by atoms with Crippen LogP contribution in [0.5, 0.6) is 0 Å². The van der Waals surface area contributed by atoms with Crippen molar-refractivity contribution >= 4 is 12.4 Å². The predicted octanol–water partition coefficient (Wildman–Crippen LogP) is 6.81. The Balaban J connectivity index is 0. The Morgan fingerprint density at radius 2 is 0.880 bits per heavy atom. The second kappa shape index (κ2) is 25.2. The van der Waals surface area contributed by atoms with Crippen LogP contribution in [-0.4, -0.2) is 22.7 Å². The van der Waals surface area contributed by atoms with Gasteiger partial charge in [0.1, 0.15) is 0 Å². The maximum absolute atomic E-state index is 10.4. The topological polar surface area (TPSA) is 74.6 Å². The molecule has 0 spiro atoms. The Morgan fingerprint density at radius 1 is 0.640 bits per heavy atom. The third-order valence-electron chi connectivity index (χ3n) is 4.49. The molecule has 0 heterocycles. The number of aliphatic carboxylic acids is 1. The van der Waals surface area contributed by atoms with Gasteiger partial charge in [-0.25, -0.2) is 0 Å². The summed E-state index contributed by atoms with van der Waals surface area (Å²) in [4.78, 5) is 18.7. The van der Waals surface area contributed by atoms with Gasteiger partial charge in [-0.15, -0.1) is 0 Å². The number of hydrogen-bond donors (Lipinski definition) is 2. The SMILES string of the molecule is CCCCCCCCCCCCCCCCCCCC(=O)O.O=CO. The van der Waals surface area contributed by atoms with Gasteiger partial charge in [-0.1, -0.05) is 110 Å². The molecule has 0 atom stereocenters. The molecular weight excluding hydrogens is 316 g/mol. The smallest absolute Gasteiger partial charge is 0.303 e. The number of hydrogen-bond acceptors (Lipinski definition) is 2. The molecule has 0 aliphatic carbocycles. The van der Waals surface area contributed by atoms with E-state index in [-0.39, 0.29) is 6.47 Å². The van der Waals surface area contributed by atoms with Gasteiger partial charge >= 0.3 is 5.97 Å². The highest BCUT2D eigenvalue weighted by atomic mass is 16.4. The molecule has 0 bridgehead atoms. The lowest BCUT2D eigenvalue weighted by molar-refractivity contribution is -0.137. The average molecular weight is 359 g/mol. The molecule has 150 valence electrons. The van der Waals surface area contributed by atoms with Crippen LogP contribution in [0.2, 0.25) is 0 Å². The molecule has 0 saturated heterocycles. The van der Waals surface area contributed by atoms with Crippen molar-refractivity contribution in [2.24, 2.45) is 0 Å². The molecule has 0 saturated carbocycles. The highest BCUT2D eigenvalue weighted by molar-refractivity contribution is 5.66. The number of rotatable bonds is 18. The van der Waals surface area contributed by atoms with E-state index in [1.54, 1.807) is 0 Å². The van der Waals surface area contributed by atoms with Gasteiger partial charge in [0.2, 0.25) is 0 Å². The Kier molecular flexibility index (Phi) is 26.4. The monoisotopic (exact) mass is 358 g/mol. The van der Waals surface area contributed by atoms with E-state index in [0.29, 0.717) is 6.42 Å². The number of carbonyl (C=O) groups is 2. The van der Waals surface area contributed by atoms with Crippen LogP contribution in [0, 0.1) is 0 Å². The third-order valence-corrected chi connectivity index (χ3v) is 4.49. The van der Waals surface area contributed by atoms with Crippen LogP contribution in [0.4, 0.5) is 0 Å². The van der Waals surface area contributed by atoms with E-state index < -0.39 is 5.97 Å². The molecule has 0 aromatic heterocycles. The first-order valence-corrected chi connectivity index (χ1v) is 10.5. The first kappa shape index (κ1) is 26.2. The summed E-state index contributed by atoms with van der Waals surface area (Å²) < 4.78 is 0. The third kappa shape index (κ3) is 31.3. The van der Waals surface area contributed by atoms with Crippen molar-refractivity contribution in [3.05, 3.63) is 0 Å². The Labute approximate surface area is 155 Å². The second-order valence-electron chi connectivity index (χ2n) is 6.91. The Bertz CT molecular complexity index is 267. The van der Waals surface area contributed by atoms with Crippen molar-refractivity contribution in [2.75, 3.05) is 0 Å². The van der Waals surface area contributed by atoms with Crippen molar-refractivity contribution < 1.29 is 19.8 Å². The summed E-state index contributed by atoms with van der Waals surface area (Å²) in [5.41, 5.74) is 0. The molecule has 0 aromatic carbocycles. The van der Waals surface area contributed by atoms with E-state index in [1.165, 1.54) is 96.3 Å². The maximum atomic E-state index is 10.4. The van der Waals surface area contributed by atoms with Gasteiger partial charge in [-0.05, 0) is 6.42 Å². The van der Waals surface area contributed by atoms with Crippen LogP contribution in [0.15, 0.2) is 0 Å². The van der Waals surface area contributed by atoms with Gasteiger partial charge in [0, 0.05) is 6.42 Å². The second-order valence-corrected chi connectivity index (χ2v) is 6.91. The van der Waals surface area contributed by atoms with Crippen LogP contribution in [0.1, 0.15) is 122 Å². The van der Waals surface area contributed by atoms with Crippen LogP contribution in [0.3, 0.4) is 0 Å². The molecule has 0 fully saturated rings. The lowest BCUT2D eigenvalue weighted by atomic mass is 10.0. The fourth-order valence-electron chi connectivity index (χ4n) is 3.00. The molecule has 0 rings (SSSR count). The molecule has 4 nitrogen and oxygen atoms in total. The van der Waals surface area contributed by atoms with Gasteiger partial charge < -0.3 is 10.2 Å². The van der Waals surface area contributed by atoms with Gasteiger partial charge in [-0.2, -0.15) is 0 Å². The van der Waals surface area contributed by atoms with Crippen molar-refractivity contribution in [2.45, 2.75) is 122 Å². The molecule has 0 aromatic rings. The van der Waals surface area contributed by atoms with Crippen LogP contribution >= 0.6 is 0 Å². The molecule has 0 aliphatic rings. The Morgan fingerprint density at radius 3 is 1.12 bits per heavy atom. The summed E-state index contributed by atoms with van der Waals surface area (Å²) in [6.07, 6.45) is 23.1. The molecular formula is C21H42O4. The quantitative estimate of drug-likeness (QED) is 0.208. The van der Waals surface area contributed by atoms with E-state index in [4.69, 9.17) is 15.0 Å². The zero-order chi connectivity index (χ0) is 19.0. The minimum atomic E-state index is -0.652. The highest BCUT2D eigenvalue weighted by Crippen LogP contribution is 2.14. The highest BCUT2D eigenvalue weighted by Gasteiger charge is 1.97. The lowest BCUT2D eigenvalue weighted by Crippen LogP contribution is -1.93. The summed E-state index contributed by atoms with van der Waals surface area (Å²) in [6.45, 7) is 2.03. The number of unbranched alkanes of at least 4 members (excludes halogenated alkanes) is 16. The standard InChI is InChI=1S/C20H40O2.CH2O2/c1-2-3-4-5-6-7-8-9-10-11-12-13-14-15-16-17-18-19-20(21)22;2-1-3/h2-19H2,1H3,(H,21,22);1H,(H,2,3). The van der Waals surface area contributed by atoms with Gasteiger partial charge in [0.15, 0.2) is 0 Å². The van der Waals surface area contributed by atoms with Gasteiger partial charge in [0.05, 0.1) is 0 Å². The summed E-state index contributed by atoms with van der Waals surface area (Å²) in [6, 6.07) is 0. The van der Waals surface area contributed by atoms with Crippen LogP contribution in [-0.2, 0) is 9.59 Å². The zero-order valence-electron chi connectivity index (χ0n) is 16.5. The fraction of sp³-hybridized carbons (Fsp3) is 0.905. The molecule has 0 radical (unpaired) electrons. The van der Waals surface area contributed by atoms with Crippen molar-refractivity contribution in [3.63, 3.8) is 0 Å². The number of carboxylic acid groups (broad SMARTS) is 2. The van der Waals surface area contributed by atoms with E-state index in [0.717, 1.165) is 12.8 Å². The average Bonchev–Trinajstić information content (AvgIpc) is 2.58. The number of carboxylic acids is 1. The van der Waals surface area contributed by atoms with E-state index >= 15 is 0 Å². The summed E-state index contributed by atoms with van der Waals surface area (Å²) in [5, 5.41) is 15.4. The minimum Gasteiger partial charge on any atom is -0.483 e. The van der Waals surface area contributed by atoms with E-state index in [2.05, 4.69) is 6.92 Å². The van der Waals surface area contributed by atoms with Crippen molar-refractivity contribution in [1.29, 1.82) is 0 Å². The van der Waals surface area contributed by atoms with E-state index in [1.807, 2.05) is 0 Å². The summed E-state index contributed by atoms with van der Waals surface area (Å²) in [5.74, 6) is -0.652. The molecule has 25 heavy (non-hydrogen) atoms. The van der Waals surface area contributed by atoms with Crippen molar-refractivity contribution in [1.82, 2.24) is 0 Å². The lowest BCUT2D eigenvalue weighted by Gasteiger charge is -2.03.